The molecule has 0 saturated heterocycles. The molecule has 0 saturated carbocycles. The predicted octanol–water partition coefficient (Wildman–Crippen LogP) is 1.56. The van der Waals surface area contributed by atoms with E-state index in [1.807, 2.05) is 34.6 Å². The Hall–Kier alpha value is -0.900. The first-order chi connectivity index (χ1) is 5.71. The molecule has 0 fully saturated rings. The molecule has 13 heavy (non-hydrogen) atoms. The van der Waals surface area contributed by atoms with Crippen molar-refractivity contribution in [2.45, 2.75) is 45.6 Å². The van der Waals surface area contributed by atoms with E-state index in [1.165, 1.54) is 0 Å². The van der Waals surface area contributed by atoms with E-state index in [0.717, 1.165) is 0 Å². The average Bonchev–Trinajstić information content (AvgIpc) is 2.28. The summed E-state index contributed by atoms with van der Waals surface area (Å²) in [5.74, 6) is 1.18. The fourth-order valence-electron chi connectivity index (χ4n) is 0.790. The third kappa shape index (κ3) is 2.28. The van der Waals surface area contributed by atoms with Crippen molar-refractivity contribution in [3.63, 3.8) is 0 Å². The van der Waals surface area contributed by atoms with Gasteiger partial charge in [-0.15, -0.1) is 0 Å². The molecule has 2 N–H and O–H groups in total. The number of aromatic nitrogens is 2. The molecular formula is C9H17N3O. The maximum absolute atomic E-state index is 5.82. The summed E-state index contributed by atoms with van der Waals surface area (Å²) >= 11 is 0. The average molecular weight is 183 g/mol. The molecule has 1 rings (SSSR count). The lowest BCUT2D eigenvalue weighted by molar-refractivity contribution is 0.306. The van der Waals surface area contributed by atoms with Crippen LogP contribution in [0.4, 0.5) is 0 Å². The van der Waals surface area contributed by atoms with Gasteiger partial charge >= 0.3 is 0 Å². The summed E-state index contributed by atoms with van der Waals surface area (Å²) in [6.45, 7) is 9.78. The molecule has 74 valence electrons. The summed E-state index contributed by atoms with van der Waals surface area (Å²) in [6, 6.07) is 0. The zero-order valence-corrected chi connectivity index (χ0v) is 8.88. The van der Waals surface area contributed by atoms with Crippen molar-refractivity contribution in [3.8, 4) is 0 Å². The van der Waals surface area contributed by atoms with Crippen LogP contribution >= 0.6 is 0 Å². The smallest absolute Gasteiger partial charge is 0.246 e. The van der Waals surface area contributed by atoms with Crippen LogP contribution in [0.25, 0.3) is 0 Å². The molecule has 4 nitrogen and oxygen atoms in total. The topological polar surface area (TPSA) is 64.9 Å². The van der Waals surface area contributed by atoms with Crippen molar-refractivity contribution in [1.82, 2.24) is 10.1 Å². The Balaban J connectivity index is 3.01. The number of rotatable bonds is 1. The molecule has 0 radical (unpaired) electrons. The lowest BCUT2D eigenvalue weighted by atomic mass is 9.96. The summed E-state index contributed by atoms with van der Waals surface area (Å²) in [4.78, 5) is 4.25. The number of hydrogen-bond donors (Lipinski definition) is 1. The van der Waals surface area contributed by atoms with Crippen LogP contribution < -0.4 is 5.73 Å². The van der Waals surface area contributed by atoms with Gasteiger partial charge in [0, 0.05) is 5.41 Å². The van der Waals surface area contributed by atoms with Crippen LogP contribution in [0, 0.1) is 0 Å². The van der Waals surface area contributed by atoms with E-state index in [4.69, 9.17) is 10.3 Å². The molecule has 1 heterocycles. The van der Waals surface area contributed by atoms with E-state index in [9.17, 15) is 0 Å². The van der Waals surface area contributed by atoms with Gasteiger partial charge in [-0.25, -0.2) is 0 Å². The summed E-state index contributed by atoms with van der Waals surface area (Å²) in [5.41, 5.74) is 5.17. The third-order valence-corrected chi connectivity index (χ3v) is 1.65. The molecule has 1 aromatic rings. The minimum absolute atomic E-state index is 0.0903. The molecule has 0 aliphatic heterocycles. The summed E-state index contributed by atoms with van der Waals surface area (Å²) < 4.78 is 5.07. The first kappa shape index (κ1) is 10.2. The highest BCUT2D eigenvalue weighted by molar-refractivity contribution is 5.04. The molecule has 4 heteroatoms. The van der Waals surface area contributed by atoms with Crippen LogP contribution in [-0.4, -0.2) is 10.1 Å². The summed E-state index contributed by atoms with van der Waals surface area (Å²) in [7, 11) is 0. The highest BCUT2D eigenvalue weighted by atomic mass is 16.5. The van der Waals surface area contributed by atoms with Crippen molar-refractivity contribution in [2.24, 2.45) is 5.73 Å². The van der Waals surface area contributed by atoms with Crippen molar-refractivity contribution in [1.29, 1.82) is 0 Å². The van der Waals surface area contributed by atoms with Gasteiger partial charge in [0.1, 0.15) is 0 Å². The van der Waals surface area contributed by atoms with Crippen LogP contribution in [-0.2, 0) is 11.0 Å². The number of nitrogens with zero attached hydrogens (tertiary/aromatic N) is 2. The monoisotopic (exact) mass is 183 g/mol. The molecule has 0 atom stereocenters. The van der Waals surface area contributed by atoms with Gasteiger partial charge in [0.2, 0.25) is 5.89 Å². The largest absolute Gasteiger partial charge is 0.337 e. The Labute approximate surface area is 78.5 Å². The predicted molar refractivity (Wildman–Crippen MR) is 50.2 cm³/mol. The molecule has 1 aromatic heterocycles. The lowest BCUT2D eigenvalue weighted by Gasteiger charge is -2.13. The van der Waals surface area contributed by atoms with Gasteiger partial charge in [0.15, 0.2) is 5.82 Å². The minimum atomic E-state index is -0.559. The van der Waals surface area contributed by atoms with E-state index in [-0.39, 0.29) is 5.41 Å². The number of hydrogen-bond acceptors (Lipinski definition) is 4. The molecule has 0 unspecified atom stereocenters. The van der Waals surface area contributed by atoms with E-state index >= 15 is 0 Å². The third-order valence-electron chi connectivity index (χ3n) is 1.65. The van der Waals surface area contributed by atoms with Gasteiger partial charge in [-0.2, -0.15) is 4.98 Å². The Morgan fingerprint density at radius 1 is 1.15 bits per heavy atom. The molecule has 0 spiro atoms. The Morgan fingerprint density at radius 2 is 1.69 bits per heavy atom. The normalized spacial score (nSPS) is 13.4. The Kier molecular flexibility index (Phi) is 2.20. The van der Waals surface area contributed by atoms with Crippen molar-refractivity contribution in [3.05, 3.63) is 11.7 Å². The van der Waals surface area contributed by atoms with Crippen molar-refractivity contribution >= 4 is 0 Å². The fraction of sp³-hybridized carbons (Fsp3) is 0.778. The Bertz CT molecular complexity index is 262. The second-order valence-electron chi connectivity index (χ2n) is 4.89. The second-order valence-corrected chi connectivity index (χ2v) is 4.89. The van der Waals surface area contributed by atoms with E-state index in [2.05, 4.69) is 10.1 Å². The van der Waals surface area contributed by atoms with Crippen LogP contribution in [0.2, 0.25) is 0 Å². The van der Waals surface area contributed by atoms with Crippen LogP contribution in [0.3, 0.4) is 0 Å². The molecule has 0 aliphatic rings. The van der Waals surface area contributed by atoms with Gasteiger partial charge in [-0.05, 0) is 13.8 Å². The molecule has 0 aromatic carbocycles. The van der Waals surface area contributed by atoms with E-state index in [1.54, 1.807) is 0 Å². The first-order valence-corrected chi connectivity index (χ1v) is 4.35. The zero-order valence-electron chi connectivity index (χ0n) is 8.88. The van der Waals surface area contributed by atoms with Crippen LogP contribution in [0.15, 0.2) is 4.52 Å². The SMILES string of the molecule is CC(C)(C)c1noc(C(C)(C)N)n1. The molecule has 0 amide bonds. The maximum atomic E-state index is 5.82. The standard InChI is InChI=1S/C9H17N3O/c1-8(2,3)6-11-7(13-12-6)9(4,5)10/h10H2,1-5H3. The Morgan fingerprint density at radius 3 is 1.92 bits per heavy atom. The lowest BCUT2D eigenvalue weighted by Crippen LogP contribution is -2.29. The summed E-state index contributed by atoms with van der Waals surface area (Å²) in [6.07, 6.45) is 0. The fourth-order valence-corrected chi connectivity index (χ4v) is 0.790. The molecular weight excluding hydrogens is 166 g/mol. The van der Waals surface area contributed by atoms with Crippen LogP contribution in [0.5, 0.6) is 0 Å². The quantitative estimate of drug-likeness (QED) is 0.717. The highest BCUT2D eigenvalue weighted by Gasteiger charge is 2.26. The van der Waals surface area contributed by atoms with Crippen molar-refractivity contribution < 1.29 is 4.52 Å². The number of nitrogens with two attached hydrogens (primary N) is 1. The van der Waals surface area contributed by atoms with E-state index < -0.39 is 5.54 Å². The first-order valence-electron chi connectivity index (χ1n) is 4.35. The summed E-state index contributed by atoms with van der Waals surface area (Å²) in [5, 5.41) is 3.89. The molecule has 0 aliphatic carbocycles. The van der Waals surface area contributed by atoms with E-state index in [0.29, 0.717) is 11.7 Å². The van der Waals surface area contributed by atoms with Gasteiger partial charge in [-0.3, -0.25) is 0 Å². The van der Waals surface area contributed by atoms with Gasteiger partial charge < -0.3 is 10.3 Å². The maximum Gasteiger partial charge on any atom is 0.246 e. The van der Waals surface area contributed by atoms with Gasteiger partial charge in [0.25, 0.3) is 0 Å². The zero-order chi connectivity index (χ0) is 10.3. The minimum Gasteiger partial charge on any atom is -0.337 e. The van der Waals surface area contributed by atoms with Gasteiger partial charge in [-0.1, -0.05) is 25.9 Å². The van der Waals surface area contributed by atoms with Crippen LogP contribution in [0.1, 0.15) is 46.3 Å². The second kappa shape index (κ2) is 2.80. The van der Waals surface area contributed by atoms with Gasteiger partial charge in [0.05, 0.1) is 5.54 Å². The van der Waals surface area contributed by atoms with Crippen molar-refractivity contribution in [2.75, 3.05) is 0 Å². The molecule has 0 bridgehead atoms. The highest BCUT2D eigenvalue weighted by Crippen LogP contribution is 2.21.